The minimum atomic E-state index is 0.477. The number of aryl methyl sites for hydroxylation is 3. The Kier molecular flexibility index (Phi) is 4.16. The maximum Gasteiger partial charge on any atom is 0.151 e. The van der Waals surface area contributed by atoms with E-state index in [4.69, 9.17) is 15.9 Å². The molecule has 2 atom stereocenters. The molecule has 3 aromatic rings. The van der Waals surface area contributed by atoms with Crippen molar-refractivity contribution in [2.75, 3.05) is 17.8 Å². The van der Waals surface area contributed by atoms with E-state index in [1.807, 2.05) is 38.0 Å². The number of nitrogen functional groups attached to an aromatic ring is 1. The van der Waals surface area contributed by atoms with Crippen molar-refractivity contribution in [2.24, 2.45) is 12.9 Å². The monoisotopic (exact) mass is 369 g/mol. The number of hydrogen-bond acceptors (Lipinski definition) is 7. The Bertz CT molecular complexity index is 959. The molecule has 0 unspecified atom stereocenters. The maximum atomic E-state index is 5.62. The lowest BCUT2D eigenvalue weighted by Crippen LogP contribution is -2.12. The molecule has 0 spiro atoms. The molecule has 4 N–H and O–H groups in total. The van der Waals surface area contributed by atoms with Crippen LogP contribution < -0.4 is 16.6 Å². The molecule has 8 heteroatoms. The standard InChI is InChI=1S/C18H23N7S/c1-9-5-14(22-18(20-3)17(9)23-19)15-7-13(24-25(15)4)11-6-12(11)16-8-21-10(2)26-16/h5,7-8,11-12,23H,6,19H2,1-4H3,(H,20,22)/t11-,12-/m0/s1. The van der Waals surface area contributed by atoms with Crippen LogP contribution in [0.25, 0.3) is 11.4 Å². The van der Waals surface area contributed by atoms with Crippen molar-refractivity contribution in [3.63, 3.8) is 0 Å². The topological polar surface area (TPSA) is 93.7 Å². The zero-order chi connectivity index (χ0) is 18.4. The largest absolute Gasteiger partial charge is 0.371 e. The molecule has 136 valence electrons. The number of hydrazine groups is 1. The molecule has 26 heavy (non-hydrogen) atoms. The van der Waals surface area contributed by atoms with Crippen LogP contribution in [0.5, 0.6) is 0 Å². The van der Waals surface area contributed by atoms with E-state index in [0.29, 0.717) is 11.8 Å². The fraction of sp³-hybridized carbons (Fsp3) is 0.389. The van der Waals surface area contributed by atoms with Gasteiger partial charge in [0.15, 0.2) is 5.82 Å². The van der Waals surface area contributed by atoms with Crippen molar-refractivity contribution in [1.29, 1.82) is 0 Å². The number of anilines is 2. The summed E-state index contributed by atoms with van der Waals surface area (Å²) in [5, 5.41) is 8.99. The summed E-state index contributed by atoms with van der Waals surface area (Å²) in [6.07, 6.45) is 3.15. The highest BCUT2D eigenvalue weighted by molar-refractivity contribution is 7.11. The number of aromatic nitrogens is 4. The summed E-state index contributed by atoms with van der Waals surface area (Å²) in [6.45, 7) is 4.07. The minimum absolute atomic E-state index is 0.477. The van der Waals surface area contributed by atoms with Gasteiger partial charge in [0.05, 0.1) is 27.8 Å². The second kappa shape index (κ2) is 6.37. The van der Waals surface area contributed by atoms with E-state index in [-0.39, 0.29) is 0 Å². The van der Waals surface area contributed by atoms with Crippen molar-refractivity contribution in [3.8, 4) is 11.4 Å². The van der Waals surface area contributed by atoms with E-state index in [2.05, 4.69) is 28.7 Å². The lowest BCUT2D eigenvalue weighted by Gasteiger charge is -2.13. The second-order valence-electron chi connectivity index (χ2n) is 6.75. The van der Waals surface area contributed by atoms with Crippen molar-refractivity contribution in [1.82, 2.24) is 19.7 Å². The lowest BCUT2D eigenvalue weighted by atomic mass is 10.1. The predicted molar refractivity (Wildman–Crippen MR) is 105 cm³/mol. The lowest BCUT2D eigenvalue weighted by molar-refractivity contribution is 0.746. The molecule has 1 aliphatic rings. The second-order valence-corrected chi connectivity index (χ2v) is 8.02. The molecule has 3 aromatic heterocycles. The number of rotatable bonds is 5. The van der Waals surface area contributed by atoms with E-state index in [1.165, 1.54) is 4.88 Å². The number of nitrogens with zero attached hydrogens (tertiary/aromatic N) is 4. The summed E-state index contributed by atoms with van der Waals surface area (Å²) < 4.78 is 1.92. The number of nitrogens with one attached hydrogen (secondary N) is 2. The van der Waals surface area contributed by atoms with Gasteiger partial charge in [0.2, 0.25) is 0 Å². The molecule has 0 radical (unpaired) electrons. The normalized spacial score (nSPS) is 18.8. The Morgan fingerprint density at radius 2 is 2.08 bits per heavy atom. The number of hydrogen-bond donors (Lipinski definition) is 3. The predicted octanol–water partition coefficient (Wildman–Crippen LogP) is 3.15. The molecule has 1 saturated carbocycles. The summed E-state index contributed by atoms with van der Waals surface area (Å²) in [4.78, 5) is 10.5. The van der Waals surface area contributed by atoms with Gasteiger partial charge in [0, 0.05) is 37.0 Å². The first kappa shape index (κ1) is 17.0. The minimum Gasteiger partial charge on any atom is -0.371 e. The zero-order valence-electron chi connectivity index (χ0n) is 15.4. The van der Waals surface area contributed by atoms with E-state index in [1.54, 1.807) is 11.3 Å². The van der Waals surface area contributed by atoms with Crippen molar-refractivity contribution in [3.05, 3.63) is 39.5 Å². The molecule has 3 heterocycles. The van der Waals surface area contributed by atoms with Gasteiger partial charge in [-0.2, -0.15) is 5.10 Å². The van der Waals surface area contributed by atoms with Crippen LogP contribution in [0.3, 0.4) is 0 Å². The summed E-state index contributed by atoms with van der Waals surface area (Å²) >= 11 is 1.79. The summed E-state index contributed by atoms with van der Waals surface area (Å²) in [6, 6.07) is 4.20. The van der Waals surface area contributed by atoms with Crippen LogP contribution in [-0.2, 0) is 7.05 Å². The highest BCUT2D eigenvalue weighted by Gasteiger charge is 2.42. The average Bonchev–Trinajstić information content (AvgIpc) is 3.15. The Balaban J connectivity index is 1.65. The van der Waals surface area contributed by atoms with Gasteiger partial charge in [-0.3, -0.25) is 10.5 Å². The van der Waals surface area contributed by atoms with Gasteiger partial charge in [-0.15, -0.1) is 11.3 Å². The fourth-order valence-electron chi connectivity index (χ4n) is 3.46. The number of pyridine rings is 1. The van der Waals surface area contributed by atoms with E-state index in [9.17, 15) is 0 Å². The molecule has 0 aliphatic heterocycles. The molecule has 7 nitrogen and oxygen atoms in total. The van der Waals surface area contributed by atoms with Gasteiger partial charge in [-0.25, -0.2) is 9.97 Å². The van der Waals surface area contributed by atoms with Crippen LogP contribution in [0, 0.1) is 13.8 Å². The first-order valence-corrected chi connectivity index (χ1v) is 9.46. The number of nitrogens with two attached hydrogens (primary N) is 1. The van der Waals surface area contributed by atoms with Crippen LogP contribution in [0.1, 0.15) is 39.4 Å². The molecule has 1 aliphatic carbocycles. The Morgan fingerprint density at radius 1 is 1.27 bits per heavy atom. The average molecular weight is 369 g/mol. The van der Waals surface area contributed by atoms with Crippen molar-refractivity contribution >= 4 is 22.8 Å². The van der Waals surface area contributed by atoms with Gasteiger partial charge >= 0.3 is 0 Å². The smallest absolute Gasteiger partial charge is 0.151 e. The summed E-state index contributed by atoms with van der Waals surface area (Å²) in [5.41, 5.74) is 7.58. The zero-order valence-corrected chi connectivity index (χ0v) is 16.2. The van der Waals surface area contributed by atoms with Gasteiger partial charge < -0.3 is 10.7 Å². The van der Waals surface area contributed by atoms with Crippen molar-refractivity contribution < 1.29 is 0 Å². The molecule has 0 bridgehead atoms. The van der Waals surface area contributed by atoms with Crippen LogP contribution in [0.4, 0.5) is 11.5 Å². The molecular weight excluding hydrogens is 346 g/mol. The van der Waals surface area contributed by atoms with Crippen LogP contribution in [0.15, 0.2) is 18.3 Å². The molecule has 0 saturated heterocycles. The Morgan fingerprint density at radius 3 is 2.73 bits per heavy atom. The molecule has 1 fully saturated rings. The third-order valence-corrected chi connectivity index (χ3v) is 5.98. The van der Waals surface area contributed by atoms with Crippen LogP contribution in [0.2, 0.25) is 0 Å². The van der Waals surface area contributed by atoms with E-state index in [0.717, 1.165) is 45.6 Å². The van der Waals surface area contributed by atoms with Gasteiger partial charge in [0.25, 0.3) is 0 Å². The summed E-state index contributed by atoms with van der Waals surface area (Å²) in [7, 11) is 3.81. The highest BCUT2D eigenvalue weighted by Crippen LogP contribution is 2.55. The maximum absolute atomic E-state index is 5.62. The quantitative estimate of drug-likeness (QED) is 0.472. The Hall–Kier alpha value is -2.45. The molecule has 0 amide bonds. The van der Waals surface area contributed by atoms with E-state index < -0.39 is 0 Å². The summed E-state index contributed by atoms with van der Waals surface area (Å²) in [5.74, 6) is 7.38. The van der Waals surface area contributed by atoms with Gasteiger partial charge in [0.1, 0.15) is 0 Å². The third-order valence-electron chi connectivity index (χ3n) is 4.93. The highest BCUT2D eigenvalue weighted by atomic mass is 32.1. The third kappa shape index (κ3) is 2.85. The SMILES string of the molecule is CNc1nc(-c2cc([C@H]3C[C@@H]3c3cnc(C)s3)nn2C)cc(C)c1NN. The first-order chi connectivity index (χ1) is 12.5. The Labute approximate surface area is 156 Å². The van der Waals surface area contributed by atoms with Crippen LogP contribution >= 0.6 is 11.3 Å². The molecular formula is C18H23N7S. The van der Waals surface area contributed by atoms with Gasteiger partial charge in [-0.05, 0) is 38.0 Å². The molecule has 0 aromatic carbocycles. The fourth-order valence-corrected chi connectivity index (χ4v) is 4.43. The molecule has 4 rings (SSSR count). The number of thiazole rings is 1. The van der Waals surface area contributed by atoms with Crippen LogP contribution in [-0.4, -0.2) is 26.8 Å². The first-order valence-electron chi connectivity index (χ1n) is 8.64. The van der Waals surface area contributed by atoms with Gasteiger partial charge in [-0.1, -0.05) is 0 Å². The van der Waals surface area contributed by atoms with E-state index >= 15 is 0 Å². The van der Waals surface area contributed by atoms with Crippen molar-refractivity contribution in [2.45, 2.75) is 32.1 Å².